The summed E-state index contributed by atoms with van der Waals surface area (Å²) in [7, 11) is -3.77. The van der Waals surface area contributed by atoms with E-state index in [0.717, 1.165) is 23.0 Å². The predicted octanol–water partition coefficient (Wildman–Crippen LogP) is 12.6. The molecule has 0 spiro atoms. The summed E-state index contributed by atoms with van der Waals surface area (Å²) in [4.78, 5) is 1.46. The van der Waals surface area contributed by atoms with Crippen LogP contribution >= 0.6 is 11.8 Å². The van der Waals surface area contributed by atoms with E-state index < -0.39 is 16.6 Å². The lowest BCUT2D eigenvalue weighted by atomic mass is 10.3. The molecule has 0 rings (SSSR count). The highest BCUT2D eigenvalue weighted by Crippen LogP contribution is 2.44. The third kappa shape index (κ3) is 16.2. The van der Waals surface area contributed by atoms with E-state index in [1.165, 1.54) is 140 Å². The predicted molar refractivity (Wildman–Crippen MR) is 186 cm³/mol. The molecule has 236 valence electrons. The van der Waals surface area contributed by atoms with E-state index in [0.29, 0.717) is 0 Å². The normalized spacial score (nSPS) is 14.2. The van der Waals surface area contributed by atoms with Gasteiger partial charge in [0, 0.05) is 23.0 Å². The van der Waals surface area contributed by atoms with Crippen molar-refractivity contribution < 1.29 is 8.85 Å². The van der Waals surface area contributed by atoms with E-state index in [1.807, 2.05) is 0 Å². The van der Waals surface area contributed by atoms with Crippen LogP contribution in [0.3, 0.4) is 0 Å². The topological polar surface area (TPSA) is 18.5 Å². The summed E-state index contributed by atoms with van der Waals surface area (Å²) >= 11 is 2.46. The summed E-state index contributed by atoms with van der Waals surface area (Å²) < 4.78 is 14.6. The quantitative estimate of drug-likeness (QED) is 0.0601. The summed E-state index contributed by atoms with van der Waals surface area (Å²) in [5.74, 6) is 0. The Hall–Kier alpha value is 0.704. The van der Waals surface area contributed by atoms with E-state index >= 15 is 0 Å². The molecule has 0 radical (unpaired) electrons. The van der Waals surface area contributed by atoms with Gasteiger partial charge >= 0.3 is 0 Å². The first-order valence-corrected chi connectivity index (χ1v) is 23.7. The SMILES string of the molecule is CCCCCO[Si](CCCC)(CCCC)C(CCC)SC(CCC)[Si](CCCC)(CCCC)OCCCCC. The van der Waals surface area contributed by atoms with Crippen molar-refractivity contribution in [2.24, 2.45) is 0 Å². The fourth-order valence-corrected chi connectivity index (χ4v) is 21.8. The maximum absolute atomic E-state index is 7.31. The molecule has 0 saturated heterocycles. The van der Waals surface area contributed by atoms with Gasteiger partial charge in [-0.3, -0.25) is 0 Å². The Bertz CT molecular complexity index is 459. The van der Waals surface area contributed by atoms with Gasteiger partial charge in [-0.25, -0.2) is 0 Å². The zero-order valence-corrected chi connectivity index (χ0v) is 31.2. The number of rotatable bonds is 30. The zero-order chi connectivity index (χ0) is 29.2. The Balaban J connectivity index is 6.47. The van der Waals surface area contributed by atoms with E-state index in [1.54, 1.807) is 0 Å². The molecule has 0 amide bonds. The first-order chi connectivity index (χ1) is 19.0. The molecule has 2 unspecified atom stereocenters. The van der Waals surface area contributed by atoms with Crippen LogP contribution in [-0.2, 0) is 8.85 Å². The summed E-state index contributed by atoms with van der Waals surface area (Å²) in [5.41, 5.74) is 0. The smallest absolute Gasteiger partial charge is 0.205 e. The average Bonchev–Trinajstić information content (AvgIpc) is 2.95. The third-order valence-electron chi connectivity index (χ3n) is 8.69. The van der Waals surface area contributed by atoms with E-state index in [2.05, 4.69) is 67.2 Å². The molecule has 2 nitrogen and oxygen atoms in total. The molecule has 0 fully saturated rings. The molecule has 0 aromatic rings. The first-order valence-electron chi connectivity index (χ1n) is 17.9. The highest BCUT2D eigenvalue weighted by Gasteiger charge is 2.48. The Kier molecular flexibility index (Phi) is 26.8. The second-order valence-electron chi connectivity index (χ2n) is 12.3. The van der Waals surface area contributed by atoms with Crippen LogP contribution in [0.4, 0.5) is 0 Å². The number of hydrogen-bond donors (Lipinski definition) is 0. The van der Waals surface area contributed by atoms with Gasteiger partial charge in [-0.1, -0.05) is 145 Å². The van der Waals surface area contributed by atoms with Crippen molar-refractivity contribution in [1.29, 1.82) is 0 Å². The molecular formula is C34H74O2SSi2. The fourth-order valence-electron chi connectivity index (χ4n) is 6.16. The van der Waals surface area contributed by atoms with Gasteiger partial charge in [0.1, 0.15) is 0 Å². The Morgan fingerprint density at radius 2 is 0.718 bits per heavy atom. The highest BCUT2D eigenvalue weighted by molar-refractivity contribution is 8.03. The second-order valence-corrected chi connectivity index (χ2v) is 22.8. The maximum Gasteiger partial charge on any atom is 0.205 e. The van der Waals surface area contributed by atoms with Crippen LogP contribution in [-0.4, -0.2) is 39.6 Å². The Morgan fingerprint density at radius 1 is 0.410 bits per heavy atom. The lowest BCUT2D eigenvalue weighted by molar-refractivity contribution is 0.280. The molecule has 0 aliphatic heterocycles. The van der Waals surface area contributed by atoms with Crippen molar-refractivity contribution in [2.75, 3.05) is 13.2 Å². The van der Waals surface area contributed by atoms with Gasteiger partial charge in [0.15, 0.2) is 0 Å². The standard InChI is InChI=1S/C34H74O2SSi2/c1-9-17-23-27-35-38(29-19-11-3,30-20-12-4)33(25-15-7)37-34(26-16-8)39(31-21-13-5,32-22-14-6)36-28-24-18-10-2/h33-34H,9-32H2,1-8H3. The van der Waals surface area contributed by atoms with Gasteiger partial charge in [-0.05, 0) is 49.9 Å². The molecule has 39 heavy (non-hydrogen) atoms. The lowest BCUT2D eigenvalue weighted by Crippen LogP contribution is -2.54. The van der Waals surface area contributed by atoms with Crippen LogP contribution < -0.4 is 0 Å². The van der Waals surface area contributed by atoms with Gasteiger partial charge < -0.3 is 8.85 Å². The third-order valence-corrected chi connectivity index (χ3v) is 22.5. The molecule has 0 saturated carbocycles. The molecule has 0 aliphatic carbocycles. The van der Waals surface area contributed by atoms with Gasteiger partial charge in [0.05, 0.1) is 0 Å². The van der Waals surface area contributed by atoms with Gasteiger partial charge in [-0.15, -0.1) is 0 Å². The minimum atomic E-state index is -1.89. The lowest BCUT2D eigenvalue weighted by Gasteiger charge is -2.45. The summed E-state index contributed by atoms with van der Waals surface area (Å²) in [6.07, 6.45) is 23.6. The number of unbranched alkanes of at least 4 members (excludes halogenated alkanes) is 8. The van der Waals surface area contributed by atoms with Crippen molar-refractivity contribution in [3.63, 3.8) is 0 Å². The first kappa shape index (κ1) is 39.7. The molecule has 0 heterocycles. The second kappa shape index (κ2) is 26.3. The largest absolute Gasteiger partial charge is 0.416 e. The minimum Gasteiger partial charge on any atom is -0.416 e. The number of hydrogen-bond acceptors (Lipinski definition) is 3. The van der Waals surface area contributed by atoms with E-state index in [-0.39, 0.29) is 0 Å². The van der Waals surface area contributed by atoms with Crippen LogP contribution in [0.25, 0.3) is 0 Å². The Labute approximate surface area is 254 Å². The molecule has 5 heteroatoms. The monoisotopic (exact) mass is 602 g/mol. The molecule has 0 aromatic heterocycles. The molecule has 0 aromatic carbocycles. The fraction of sp³-hybridized carbons (Fsp3) is 1.00. The molecule has 0 N–H and O–H groups in total. The minimum absolute atomic E-state index is 0.730. The van der Waals surface area contributed by atoms with Crippen LogP contribution in [0.1, 0.15) is 171 Å². The summed E-state index contributed by atoms with van der Waals surface area (Å²) in [6, 6.07) is 5.51. The summed E-state index contributed by atoms with van der Waals surface area (Å²) in [6.45, 7) is 21.1. The molecule has 0 aliphatic rings. The zero-order valence-electron chi connectivity index (χ0n) is 28.4. The van der Waals surface area contributed by atoms with Crippen LogP contribution in [0.5, 0.6) is 0 Å². The van der Waals surface area contributed by atoms with E-state index in [4.69, 9.17) is 8.85 Å². The molecule has 0 bridgehead atoms. The highest BCUT2D eigenvalue weighted by atomic mass is 32.2. The van der Waals surface area contributed by atoms with Gasteiger partial charge in [0.25, 0.3) is 0 Å². The number of thioether (sulfide) groups is 1. The van der Waals surface area contributed by atoms with Crippen molar-refractivity contribution in [1.82, 2.24) is 0 Å². The van der Waals surface area contributed by atoms with Gasteiger partial charge in [-0.2, -0.15) is 11.8 Å². The van der Waals surface area contributed by atoms with Crippen molar-refractivity contribution in [3.05, 3.63) is 0 Å². The van der Waals surface area contributed by atoms with Crippen LogP contribution in [0, 0.1) is 0 Å². The molecule has 2 atom stereocenters. The summed E-state index contributed by atoms with van der Waals surface area (Å²) in [5, 5.41) is 0. The molecular weight excluding hydrogens is 529 g/mol. The van der Waals surface area contributed by atoms with Crippen LogP contribution in [0.15, 0.2) is 0 Å². The van der Waals surface area contributed by atoms with Gasteiger partial charge in [0.2, 0.25) is 16.6 Å². The van der Waals surface area contributed by atoms with Crippen molar-refractivity contribution in [2.45, 2.75) is 205 Å². The van der Waals surface area contributed by atoms with Crippen molar-refractivity contribution >= 4 is 28.4 Å². The van der Waals surface area contributed by atoms with E-state index in [9.17, 15) is 0 Å². The van der Waals surface area contributed by atoms with Crippen LogP contribution in [0.2, 0.25) is 24.2 Å². The average molecular weight is 603 g/mol. The Morgan fingerprint density at radius 3 is 0.974 bits per heavy atom. The maximum atomic E-state index is 7.31. The van der Waals surface area contributed by atoms with Crippen molar-refractivity contribution in [3.8, 4) is 0 Å².